The average Bonchev–Trinajstić information content (AvgIpc) is 3.15. The fourth-order valence-corrected chi connectivity index (χ4v) is 4.87. The van der Waals surface area contributed by atoms with Crippen molar-refractivity contribution in [1.29, 1.82) is 0 Å². The summed E-state index contributed by atoms with van der Waals surface area (Å²) in [6.07, 6.45) is 7.34. The lowest BCUT2D eigenvalue weighted by molar-refractivity contribution is -0.141. The summed E-state index contributed by atoms with van der Waals surface area (Å²) in [4.78, 5) is 30.2. The number of benzene rings is 1. The van der Waals surface area contributed by atoms with Crippen LogP contribution in [0.15, 0.2) is 49.6 Å². The van der Waals surface area contributed by atoms with Crippen molar-refractivity contribution in [3.8, 4) is 5.75 Å². The Kier molecular flexibility index (Phi) is 7.32. The van der Waals surface area contributed by atoms with E-state index in [0.29, 0.717) is 19.6 Å². The van der Waals surface area contributed by atoms with Crippen molar-refractivity contribution in [2.24, 2.45) is 0 Å². The van der Waals surface area contributed by atoms with Gasteiger partial charge in [0, 0.05) is 37.3 Å². The van der Waals surface area contributed by atoms with Crippen LogP contribution in [0.5, 0.6) is 5.75 Å². The van der Waals surface area contributed by atoms with E-state index in [4.69, 9.17) is 4.74 Å². The lowest BCUT2D eigenvalue weighted by atomic mass is 9.87. The average molecular weight is 412 g/mol. The number of carbonyl (C=O) groups is 2. The van der Waals surface area contributed by atoms with Crippen LogP contribution in [0.4, 0.5) is 0 Å². The Morgan fingerprint density at radius 3 is 2.70 bits per heavy atom. The molecule has 0 spiro atoms. The normalized spacial score (nSPS) is 21.2. The Morgan fingerprint density at radius 1 is 1.27 bits per heavy atom. The van der Waals surface area contributed by atoms with Crippen LogP contribution in [0.1, 0.15) is 37.7 Å². The molecule has 1 atom stereocenters. The third-order valence-electron chi connectivity index (χ3n) is 6.32. The zero-order chi connectivity index (χ0) is 21.6. The van der Waals surface area contributed by atoms with Gasteiger partial charge in [-0.25, -0.2) is 0 Å². The molecule has 6 nitrogen and oxygen atoms in total. The van der Waals surface area contributed by atoms with Crippen LogP contribution in [0.2, 0.25) is 0 Å². The Hall–Kier alpha value is -2.60. The summed E-state index contributed by atoms with van der Waals surface area (Å²) in [6.45, 7) is 10.4. The minimum atomic E-state index is -0.484. The summed E-state index contributed by atoms with van der Waals surface area (Å²) in [6, 6.07) is 7.33. The predicted octanol–water partition coefficient (Wildman–Crippen LogP) is 2.90. The molecule has 2 aliphatic heterocycles. The predicted molar refractivity (Wildman–Crippen MR) is 118 cm³/mol. The van der Waals surface area contributed by atoms with Crippen molar-refractivity contribution in [2.75, 3.05) is 26.7 Å². The number of hydrogen-bond acceptors (Lipinski definition) is 4. The summed E-state index contributed by atoms with van der Waals surface area (Å²) in [5.41, 5.74) is 0.764. The van der Waals surface area contributed by atoms with Crippen LogP contribution < -0.4 is 10.1 Å². The quantitative estimate of drug-likeness (QED) is 0.635. The summed E-state index contributed by atoms with van der Waals surface area (Å²) < 4.78 is 5.47. The minimum Gasteiger partial charge on any atom is -0.496 e. The number of amides is 2. The zero-order valence-corrected chi connectivity index (χ0v) is 17.9. The molecule has 2 amide bonds. The SMILES string of the molecule is C=CCC1(CC=C)CCCN1C(=O)C[C@H]1C(=O)NCCN1Cc1ccccc1OC. The first-order valence-electron chi connectivity index (χ1n) is 10.7. The first-order valence-corrected chi connectivity index (χ1v) is 10.7. The van der Waals surface area contributed by atoms with Crippen LogP contribution in [-0.4, -0.2) is 59.9 Å². The lowest BCUT2D eigenvalue weighted by Crippen LogP contribution is -2.57. The van der Waals surface area contributed by atoms with Crippen molar-refractivity contribution in [3.63, 3.8) is 0 Å². The van der Waals surface area contributed by atoms with E-state index in [1.807, 2.05) is 41.3 Å². The van der Waals surface area contributed by atoms with E-state index in [-0.39, 0.29) is 23.8 Å². The molecule has 6 heteroatoms. The third kappa shape index (κ3) is 4.59. The highest BCUT2D eigenvalue weighted by molar-refractivity contribution is 5.89. The van der Waals surface area contributed by atoms with E-state index >= 15 is 0 Å². The maximum absolute atomic E-state index is 13.4. The maximum Gasteiger partial charge on any atom is 0.237 e. The number of piperazine rings is 1. The summed E-state index contributed by atoms with van der Waals surface area (Å²) in [7, 11) is 1.65. The van der Waals surface area contributed by atoms with Crippen molar-refractivity contribution in [3.05, 3.63) is 55.1 Å². The molecule has 30 heavy (non-hydrogen) atoms. The molecule has 0 aliphatic carbocycles. The molecule has 0 aromatic heterocycles. The van der Waals surface area contributed by atoms with Crippen LogP contribution in [0.3, 0.4) is 0 Å². The highest BCUT2D eigenvalue weighted by atomic mass is 16.5. The number of para-hydroxylation sites is 1. The van der Waals surface area contributed by atoms with Gasteiger partial charge in [0.1, 0.15) is 5.75 Å². The van der Waals surface area contributed by atoms with Crippen LogP contribution >= 0.6 is 0 Å². The third-order valence-corrected chi connectivity index (χ3v) is 6.32. The van der Waals surface area contributed by atoms with Gasteiger partial charge >= 0.3 is 0 Å². The second kappa shape index (κ2) is 9.94. The number of hydrogen-bond donors (Lipinski definition) is 1. The van der Waals surface area contributed by atoms with Gasteiger partial charge in [0.2, 0.25) is 11.8 Å². The molecule has 2 aliphatic rings. The monoisotopic (exact) mass is 411 g/mol. The summed E-state index contributed by atoms with van der Waals surface area (Å²) in [5, 5.41) is 2.93. The first kappa shape index (κ1) is 22.1. The fraction of sp³-hybridized carbons (Fsp3) is 0.500. The molecule has 0 bridgehead atoms. The molecule has 1 N–H and O–H groups in total. The molecule has 2 heterocycles. The Labute approximate surface area is 179 Å². The Morgan fingerprint density at radius 2 is 2.00 bits per heavy atom. The van der Waals surface area contributed by atoms with Crippen molar-refractivity contribution in [2.45, 2.75) is 50.2 Å². The number of likely N-dealkylation sites (tertiary alicyclic amines) is 1. The highest BCUT2D eigenvalue weighted by Crippen LogP contribution is 2.37. The number of nitrogens with zero attached hydrogens (tertiary/aromatic N) is 2. The first-order chi connectivity index (χ1) is 14.5. The lowest BCUT2D eigenvalue weighted by Gasteiger charge is -2.40. The summed E-state index contributed by atoms with van der Waals surface area (Å²) in [5.74, 6) is 0.745. The van der Waals surface area contributed by atoms with Gasteiger partial charge in [0.05, 0.1) is 19.6 Å². The van der Waals surface area contributed by atoms with Gasteiger partial charge in [-0.2, -0.15) is 0 Å². The molecule has 1 aromatic rings. The molecule has 2 fully saturated rings. The number of carbonyl (C=O) groups excluding carboxylic acids is 2. The molecule has 0 radical (unpaired) electrons. The number of ether oxygens (including phenoxy) is 1. The van der Waals surface area contributed by atoms with Gasteiger partial charge in [-0.3, -0.25) is 14.5 Å². The fourth-order valence-electron chi connectivity index (χ4n) is 4.87. The van der Waals surface area contributed by atoms with Gasteiger partial charge < -0.3 is 15.0 Å². The second-order valence-electron chi connectivity index (χ2n) is 8.15. The van der Waals surface area contributed by atoms with Crippen molar-refractivity contribution >= 4 is 11.8 Å². The Balaban J connectivity index is 1.77. The van der Waals surface area contributed by atoms with E-state index in [1.165, 1.54) is 0 Å². The van der Waals surface area contributed by atoms with Crippen LogP contribution in [0, 0.1) is 0 Å². The number of rotatable bonds is 9. The molecule has 162 valence electrons. The summed E-state index contributed by atoms with van der Waals surface area (Å²) >= 11 is 0. The van der Waals surface area contributed by atoms with Gasteiger partial charge in [-0.05, 0) is 31.7 Å². The van der Waals surface area contributed by atoms with Crippen LogP contribution in [-0.2, 0) is 16.1 Å². The number of methoxy groups -OCH3 is 1. The van der Waals surface area contributed by atoms with Crippen molar-refractivity contribution < 1.29 is 14.3 Å². The van der Waals surface area contributed by atoms with E-state index in [1.54, 1.807) is 7.11 Å². The standard InChI is InChI=1S/C24H33N3O3/c1-4-11-24(12-5-2)13-8-15-27(24)22(28)17-20-23(29)25-14-16-26(20)18-19-9-6-7-10-21(19)30-3/h4-7,9-10,20H,1-2,8,11-18H2,3H3,(H,25,29)/t20-/m0/s1. The highest BCUT2D eigenvalue weighted by Gasteiger charge is 2.43. The molecule has 1 aromatic carbocycles. The zero-order valence-electron chi connectivity index (χ0n) is 17.9. The maximum atomic E-state index is 13.4. The van der Waals surface area contributed by atoms with Gasteiger partial charge in [-0.15, -0.1) is 13.2 Å². The molecule has 2 saturated heterocycles. The molecular formula is C24H33N3O3. The largest absolute Gasteiger partial charge is 0.496 e. The van der Waals surface area contributed by atoms with E-state index in [9.17, 15) is 9.59 Å². The molecule has 0 unspecified atom stereocenters. The minimum absolute atomic E-state index is 0.0308. The van der Waals surface area contributed by atoms with E-state index in [2.05, 4.69) is 23.4 Å². The molecular weight excluding hydrogens is 378 g/mol. The van der Waals surface area contributed by atoms with E-state index < -0.39 is 6.04 Å². The topological polar surface area (TPSA) is 61.9 Å². The van der Waals surface area contributed by atoms with Gasteiger partial charge in [-0.1, -0.05) is 30.4 Å². The molecule has 0 saturated carbocycles. The van der Waals surface area contributed by atoms with Crippen molar-refractivity contribution in [1.82, 2.24) is 15.1 Å². The number of nitrogens with one attached hydrogen (secondary N) is 1. The van der Waals surface area contributed by atoms with Gasteiger partial charge in [0.15, 0.2) is 0 Å². The van der Waals surface area contributed by atoms with E-state index in [0.717, 1.165) is 43.5 Å². The second-order valence-corrected chi connectivity index (χ2v) is 8.15. The van der Waals surface area contributed by atoms with Crippen LogP contribution in [0.25, 0.3) is 0 Å². The molecule has 3 rings (SSSR count). The smallest absolute Gasteiger partial charge is 0.237 e. The van der Waals surface area contributed by atoms with Gasteiger partial charge in [0.25, 0.3) is 0 Å². The Bertz CT molecular complexity index is 782.